The van der Waals surface area contributed by atoms with Crippen molar-refractivity contribution in [3.63, 3.8) is 0 Å². The molecule has 1 unspecified atom stereocenters. The molecule has 0 amide bonds. The summed E-state index contributed by atoms with van der Waals surface area (Å²) >= 11 is 0. The average Bonchev–Trinajstić information content (AvgIpc) is 3.17. The molecule has 7 nitrogen and oxygen atoms in total. The van der Waals surface area contributed by atoms with Crippen LogP contribution in [0.25, 0.3) is 0 Å². The number of aliphatic hydroxyl groups excluding tert-OH is 1. The second-order valence-electron chi connectivity index (χ2n) is 15.0. The van der Waals surface area contributed by atoms with Crippen LogP contribution in [0.1, 0.15) is 87.5 Å². The summed E-state index contributed by atoms with van der Waals surface area (Å²) in [5, 5.41) is 32.4. The van der Waals surface area contributed by atoms with Crippen molar-refractivity contribution in [2.24, 2.45) is 45.3 Å². The van der Waals surface area contributed by atoms with E-state index in [1.807, 2.05) is 13.8 Å². The zero-order valence-electron chi connectivity index (χ0n) is 24.9. The van der Waals surface area contributed by atoms with Gasteiger partial charge in [0.1, 0.15) is 17.8 Å². The van der Waals surface area contributed by atoms with Crippen LogP contribution < -0.4 is 0 Å². The highest BCUT2D eigenvalue weighted by Crippen LogP contribution is 2.72. The fourth-order valence-electron chi connectivity index (χ4n) is 10.1. The van der Waals surface area contributed by atoms with Gasteiger partial charge in [-0.05, 0) is 86.5 Å². The lowest BCUT2D eigenvalue weighted by atomic mass is 9.38. The first-order valence-electron chi connectivity index (χ1n) is 14.7. The number of hydrogen-bond acceptors (Lipinski definition) is 7. The van der Waals surface area contributed by atoms with E-state index < -0.39 is 28.3 Å². The maximum absolute atomic E-state index is 13.0. The van der Waals surface area contributed by atoms with Crippen LogP contribution in [0.15, 0.2) is 23.8 Å². The van der Waals surface area contributed by atoms with Crippen LogP contribution in [0.4, 0.5) is 0 Å². The van der Waals surface area contributed by atoms with Gasteiger partial charge in [0.25, 0.3) is 0 Å². The Bertz CT molecular complexity index is 1120. The molecule has 2 saturated carbocycles. The summed E-state index contributed by atoms with van der Waals surface area (Å²) in [7, 11) is 0. The van der Waals surface area contributed by atoms with Gasteiger partial charge in [-0.2, -0.15) is 0 Å². The van der Waals surface area contributed by atoms with Crippen molar-refractivity contribution in [1.82, 2.24) is 0 Å². The topological polar surface area (TPSA) is 113 Å². The smallest absolute Gasteiger partial charge is 0.302 e. The molecule has 1 heterocycles. The Kier molecular flexibility index (Phi) is 6.49. The van der Waals surface area contributed by atoms with E-state index in [-0.39, 0.29) is 59.0 Å². The lowest BCUT2D eigenvalue weighted by Gasteiger charge is -2.66. The lowest BCUT2D eigenvalue weighted by Crippen LogP contribution is -2.65. The van der Waals surface area contributed by atoms with Gasteiger partial charge in [-0.3, -0.25) is 9.59 Å². The Morgan fingerprint density at radius 2 is 1.79 bits per heavy atom. The fraction of sp³-hybridized carbons (Fsp3) is 0.812. The third kappa shape index (κ3) is 3.82. The maximum atomic E-state index is 13.0. The normalized spacial score (nSPS) is 49.0. The molecule has 3 fully saturated rings. The number of rotatable bonds is 3. The number of carbonyl (C=O) groups is 2. The summed E-state index contributed by atoms with van der Waals surface area (Å²) in [6.45, 7) is 15.6. The van der Waals surface area contributed by atoms with Crippen LogP contribution in [0, 0.1) is 45.3 Å². The number of fused-ring (bicyclic) bond motifs is 5. The van der Waals surface area contributed by atoms with Crippen LogP contribution in [-0.2, 0) is 19.1 Å². The van der Waals surface area contributed by atoms with Gasteiger partial charge in [-0.1, -0.05) is 52.3 Å². The molecule has 1 saturated heterocycles. The molecule has 0 radical (unpaired) electrons. The molecule has 3 N–H and O–H groups in total. The highest BCUT2D eigenvalue weighted by atomic mass is 16.7. The Morgan fingerprint density at radius 3 is 2.38 bits per heavy atom. The monoisotopic (exact) mass is 544 g/mol. The van der Waals surface area contributed by atoms with Gasteiger partial charge in [-0.15, -0.1) is 0 Å². The maximum Gasteiger partial charge on any atom is 0.302 e. The number of aliphatic hydroxyl groups is 3. The van der Waals surface area contributed by atoms with Gasteiger partial charge in [-0.25, -0.2) is 0 Å². The zero-order valence-corrected chi connectivity index (χ0v) is 24.9. The molecule has 0 aromatic carbocycles. The Morgan fingerprint density at radius 1 is 1.13 bits per heavy atom. The number of carbonyl (C=O) groups excluding carboxylic acids is 2. The largest absolute Gasteiger partial charge is 0.462 e. The van der Waals surface area contributed by atoms with Gasteiger partial charge >= 0.3 is 5.97 Å². The van der Waals surface area contributed by atoms with E-state index in [0.29, 0.717) is 12.8 Å². The predicted molar refractivity (Wildman–Crippen MR) is 146 cm³/mol. The van der Waals surface area contributed by atoms with E-state index in [9.17, 15) is 24.9 Å². The van der Waals surface area contributed by atoms with E-state index in [4.69, 9.17) is 9.47 Å². The minimum absolute atomic E-state index is 0.00626. The molecular weight excluding hydrogens is 496 g/mol. The highest BCUT2D eigenvalue weighted by Gasteiger charge is 2.69. The molecule has 0 spiro atoms. The second kappa shape index (κ2) is 8.73. The molecule has 10 atom stereocenters. The molecule has 0 aromatic heterocycles. The molecule has 39 heavy (non-hydrogen) atoms. The van der Waals surface area contributed by atoms with E-state index >= 15 is 0 Å². The van der Waals surface area contributed by atoms with Crippen LogP contribution in [-0.4, -0.2) is 57.3 Å². The standard InChI is InChI=1S/C32H48O7/c1-18(33)39-26-16-23-27(2,3)24(34)12-14-30(23,7)22-11-13-29(6)20(9-10-21(29)31(22,26)8)19-15-25(35)32(37,38-17-19)28(4,5)36/h10,12,14,19-20,22-23,25-26,35-37H,9,11,13,15-17H2,1-8H3/t19-,20+,22-,23+,25-,26-,29+,30-,31+,32?/m1/s1. The summed E-state index contributed by atoms with van der Waals surface area (Å²) in [6, 6.07) is 0. The first-order valence-corrected chi connectivity index (χ1v) is 14.7. The Hall–Kier alpha value is -1.54. The Labute approximate surface area is 233 Å². The molecular formula is C32H48O7. The third-order valence-electron chi connectivity index (χ3n) is 12.2. The van der Waals surface area contributed by atoms with Gasteiger partial charge in [0.2, 0.25) is 5.79 Å². The predicted octanol–water partition coefficient (Wildman–Crippen LogP) is 4.34. The van der Waals surface area contributed by atoms with Crippen LogP contribution in [0.2, 0.25) is 0 Å². The summed E-state index contributed by atoms with van der Waals surface area (Å²) in [5.41, 5.74) is -1.61. The number of esters is 1. The molecule has 4 aliphatic carbocycles. The minimum atomic E-state index is -2.01. The number of ether oxygens (including phenoxy) is 2. The fourth-order valence-corrected chi connectivity index (χ4v) is 10.1. The van der Waals surface area contributed by atoms with Crippen LogP contribution >= 0.6 is 0 Å². The summed E-state index contributed by atoms with van der Waals surface area (Å²) in [6.07, 6.45) is 8.42. The third-order valence-corrected chi connectivity index (χ3v) is 12.2. The number of allylic oxidation sites excluding steroid dienone is 3. The van der Waals surface area contributed by atoms with Crippen molar-refractivity contribution in [2.45, 2.75) is 111 Å². The molecule has 5 rings (SSSR count). The van der Waals surface area contributed by atoms with Crippen molar-refractivity contribution in [2.75, 3.05) is 6.61 Å². The first-order chi connectivity index (χ1) is 17.8. The van der Waals surface area contributed by atoms with Gasteiger partial charge in [0, 0.05) is 17.8 Å². The second-order valence-corrected chi connectivity index (χ2v) is 15.0. The molecule has 0 bridgehead atoms. The molecule has 1 aliphatic heterocycles. The van der Waals surface area contributed by atoms with Gasteiger partial charge in [0.05, 0.1) is 6.61 Å². The summed E-state index contributed by atoms with van der Waals surface area (Å²) in [4.78, 5) is 25.4. The zero-order chi connectivity index (χ0) is 29.0. The Balaban J connectivity index is 1.51. The van der Waals surface area contributed by atoms with Crippen molar-refractivity contribution >= 4 is 11.8 Å². The van der Waals surface area contributed by atoms with Crippen molar-refractivity contribution in [3.05, 3.63) is 23.8 Å². The van der Waals surface area contributed by atoms with E-state index in [1.165, 1.54) is 26.3 Å². The molecule has 218 valence electrons. The minimum Gasteiger partial charge on any atom is -0.462 e. The summed E-state index contributed by atoms with van der Waals surface area (Å²) < 4.78 is 12.0. The number of ketones is 1. The van der Waals surface area contributed by atoms with E-state index in [1.54, 1.807) is 6.08 Å². The van der Waals surface area contributed by atoms with Crippen molar-refractivity contribution in [1.29, 1.82) is 0 Å². The van der Waals surface area contributed by atoms with E-state index in [0.717, 1.165) is 19.3 Å². The molecule has 5 aliphatic rings. The SMILES string of the molecule is CC(=O)O[C@@H]1C[C@H]2C(C)(C)C(=O)C=C[C@]2(C)[C@H]2CC[C@]3(C)C(=CC[C@H]3[C@H]3COC(O)(C(C)(C)O)[C@H](O)C3)[C@@]21C. The first kappa shape index (κ1) is 29.0. The lowest BCUT2D eigenvalue weighted by molar-refractivity contribution is -0.353. The van der Waals surface area contributed by atoms with Crippen molar-refractivity contribution in [3.8, 4) is 0 Å². The van der Waals surface area contributed by atoms with Gasteiger partial charge < -0.3 is 24.8 Å². The van der Waals surface area contributed by atoms with Crippen LogP contribution in [0.3, 0.4) is 0 Å². The van der Waals surface area contributed by atoms with E-state index in [2.05, 4.69) is 32.9 Å². The molecule has 0 aromatic rings. The number of hydrogen-bond donors (Lipinski definition) is 3. The van der Waals surface area contributed by atoms with Gasteiger partial charge in [0.15, 0.2) is 5.78 Å². The van der Waals surface area contributed by atoms with Crippen LogP contribution in [0.5, 0.6) is 0 Å². The summed E-state index contributed by atoms with van der Waals surface area (Å²) in [5.74, 6) is -1.71. The highest BCUT2D eigenvalue weighted by molar-refractivity contribution is 5.95. The average molecular weight is 545 g/mol. The molecule has 7 heteroatoms. The quantitative estimate of drug-likeness (QED) is 0.358. The van der Waals surface area contributed by atoms with Crippen molar-refractivity contribution < 1.29 is 34.4 Å².